The van der Waals surface area contributed by atoms with Crippen LogP contribution in [0.15, 0.2) is 54.6 Å². The van der Waals surface area contributed by atoms with Gasteiger partial charge in [-0.05, 0) is 31.2 Å². The molecule has 0 spiro atoms. The van der Waals surface area contributed by atoms with E-state index in [0.29, 0.717) is 16.8 Å². The quantitative estimate of drug-likeness (QED) is 0.818. The summed E-state index contributed by atoms with van der Waals surface area (Å²) in [5, 5.41) is 0. The molecule has 1 aliphatic heterocycles. The molecule has 0 unspecified atom stereocenters. The van der Waals surface area contributed by atoms with Crippen molar-refractivity contribution in [2.45, 2.75) is 13.0 Å². The van der Waals surface area contributed by atoms with Gasteiger partial charge in [0.1, 0.15) is 6.04 Å². The third-order valence-corrected chi connectivity index (χ3v) is 4.04. The fourth-order valence-corrected chi connectivity index (χ4v) is 2.73. The molecule has 3 rings (SSSR count). The molecule has 5 nitrogen and oxygen atoms in total. The number of benzene rings is 2. The molecule has 0 aromatic heterocycles. The summed E-state index contributed by atoms with van der Waals surface area (Å²) in [5.41, 5.74) is 1.40. The van der Waals surface area contributed by atoms with Gasteiger partial charge < -0.3 is 4.90 Å². The van der Waals surface area contributed by atoms with E-state index in [2.05, 4.69) is 0 Å². The molecular formula is C18H16N2O3. The van der Waals surface area contributed by atoms with Crippen molar-refractivity contribution in [3.63, 3.8) is 0 Å². The first kappa shape index (κ1) is 15.0. The van der Waals surface area contributed by atoms with Crippen LogP contribution in [0.5, 0.6) is 0 Å². The molecule has 0 aliphatic carbocycles. The summed E-state index contributed by atoms with van der Waals surface area (Å²) in [6.45, 7) is 1.57. The van der Waals surface area contributed by atoms with Gasteiger partial charge in [-0.1, -0.05) is 30.3 Å². The number of carbonyl (C=O) groups excluding carboxylic acids is 3. The van der Waals surface area contributed by atoms with Crippen LogP contribution < -0.4 is 4.90 Å². The number of nitrogens with zero attached hydrogens (tertiary/aromatic N) is 2. The van der Waals surface area contributed by atoms with Crippen molar-refractivity contribution in [3.05, 3.63) is 65.7 Å². The molecule has 1 heterocycles. The minimum absolute atomic E-state index is 0.314. The second-order valence-corrected chi connectivity index (χ2v) is 5.43. The third-order valence-electron chi connectivity index (χ3n) is 4.04. The second-order valence-electron chi connectivity index (χ2n) is 5.43. The molecule has 1 atom stereocenters. The SMILES string of the molecule is C[C@H](C(=O)N(C)c1ccccc1)N1C(=O)c2ccccc2C1=O. The Labute approximate surface area is 134 Å². The topological polar surface area (TPSA) is 57.7 Å². The van der Waals surface area contributed by atoms with Gasteiger partial charge in [-0.2, -0.15) is 0 Å². The fourth-order valence-electron chi connectivity index (χ4n) is 2.73. The van der Waals surface area contributed by atoms with E-state index in [1.54, 1.807) is 50.4 Å². The summed E-state index contributed by atoms with van der Waals surface area (Å²) in [5.74, 6) is -1.16. The molecule has 0 saturated heterocycles. The van der Waals surface area contributed by atoms with Crippen LogP contribution in [0.1, 0.15) is 27.6 Å². The van der Waals surface area contributed by atoms with Gasteiger partial charge in [0.15, 0.2) is 0 Å². The first-order valence-electron chi connectivity index (χ1n) is 7.32. The zero-order valence-electron chi connectivity index (χ0n) is 12.9. The van der Waals surface area contributed by atoms with Gasteiger partial charge in [-0.15, -0.1) is 0 Å². The number of para-hydroxylation sites is 1. The zero-order chi connectivity index (χ0) is 16.6. The summed E-state index contributed by atoms with van der Waals surface area (Å²) in [7, 11) is 1.63. The molecule has 1 aliphatic rings. The van der Waals surface area contributed by atoms with Crippen LogP contribution in [-0.2, 0) is 4.79 Å². The van der Waals surface area contributed by atoms with Crippen LogP contribution >= 0.6 is 0 Å². The van der Waals surface area contributed by atoms with Crippen LogP contribution in [-0.4, -0.2) is 35.7 Å². The Bertz CT molecular complexity index is 751. The Morgan fingerprint density at radius 2 is 1.39 bits per heavy atom. The van der Waals surface area contributed by atoms with Crippen LogP contribution in [0, 0.1) is 0 Å². The van der Waals surface area contributed by atoms with Gasteiger partial charge in [-0.25, -0.2) is 0 Å². The van der Waals surface area contributed by atoms with E-state index in [1.165, 1.54) is 4.90 Å². The van der Waals surface area contributed by atoms with E-state index < -0.39 is 17.9 Å². The van der Waals surface area contributed by atoms with Crippen molar-refractivity contribution in [2.75, 3.05) is 11.9 Å². The van der Waals surface area contributed by atoms with Gasteiger partial charge >= 0.3 is 0 Å². The molecule has 0 radical (unpaired) electrons. The summed E-state index contributed by atoms with van der Waals surface area (Å²) in [6, 6.07) is 14.9. The first-order chi connectivity index (χ1) is 11.0. The van der Waals surface area contributed by atoms with Crippen molar-refractivity contribution in [1.29, 1.82) is 0 Å². The molecule has 0 N–H and O–H groups in total. The predicted octanol–water partition coefficient (Wildman–Crippen LogP) is 2.33. The molecule has 0 fully saturated rings. The maximum atomic E-state index is 12.7. The van der Waals surface area contributed by atoms with Gasteiger partial charge in [0, 0.05) is 12.7 Å². The Balaban J connectivity index is 1.87. The van der Waals surface area contributed by atoms with E-state index in [9.17, 15) is 14.4 Å². The minimum atomic E-state index is -0.868. The van der Waals surface area contributed by atoms with Gasteiger partial charge in [-0.3, -0.25) is 19.3 Å². The number of fused-ring (bicyclic) bond motifs is 1. The maximum absolute atomic E-state index is 12.7. The number of carbonyl (C=O) groups is 3. The van der Waals surface area contributed by atoms with Crippen molar-refractivity contribution in [1.82, 2.24) is 4.90 Å². The van der Waals surface area contributed by atoms with Crippen molar-refractivity contribution < 1.29 is 14.4 Å². The van der Waals surface area contributed by atoms with Crippen LogP contribution in [0.3, 0.4) is 0 Å². The maximum Gasteiger partial charge on any atom is 0.262 e. The highest BCUT2D eigenvalue weighted by Gasteiger charge is 2.41. The van der Waals surface area contributed by atoms with E-state index in [0.717, 1.165) is 4.90 Å². The fraction of sp³-hybridized carbons (Fsp3) is 0.167. The number of hydrogen-bond acceptors (Lipinski definition) is 3. The third kappa shape index (κ3) is 2.40. The van der Waals surface area contributed by atoms with E-state index >= 15 is 0 Å². The number of amides is 3. The smallest absolute Gasteiger partial charge is 0.262 e. The Morgan fingerprint density at radius 1 is 0.913 bits per heavy atom. The van der Waals surface area contributed by atoms with Crippen molar-refractivity contribution in [3.8, 4) is 0 Å². The summed E-state index contributed by atoms with van der Waals surface area (Å²) < 4.78 is 0. The highest BCUT2D eigenvalue weighted by molar-refractivity contribution is 6.23. The molecule has 116 valence electrons. The number of hydrogen-bond donors (Lipinski definition) is 0. The summed E-state index contributed by atoms with van der Waals surface area (Å²) in [6.07, 6.45) is 0. The van der Waals surface area contributed by atoms with Crippen LogP contribution in [0.4, 0.5) is 5.69 Å². The summed E-state index contributed by atoms with van der Waals surface area (Å²) in [4.78, 5) is 40.0. The van der Waals surface area contributed by atoms with E-state index in [-0.39, 0.29) is 5.91 Å². The van der Waals surface area contributed by atoms with Gasteiger partial charge in [0.2, 0.25) is 5.91 Å². The van der Waals surface area contributed by atoms with Gasteiger partial charge in [0.05, 0.1) is 11.1 Å². The number of rotatable bonds is 3. The molecule has 23 heavy (non-hydrogen) atoms. The largest absolute Gasteiger partial charge is 0.314 e. The zero-order valence-corrected chi connectivity index (χ0v) is 12.9. The van der Waals surface area contributed by atoms with Crippen molar-refractivity contribution >= 4 is 23.4 Å². The molecule has 0 bridgehead atoms. The lowest BCUT2D eigenvalue weighted by molar-refractivity contribution is -0.121. The molecule has 5 heteroatoms. The Hall–Kier alpha value is -2.95. The van der Waals surface area contributed by atoms with Gasteiger partial charge in [0.25, 0.3) is 11.8 Å². The summed E-state index contributed by atoms with van der Waals surface area (Å²) >= 11 is 0. The molecule has 3 amide bonds. The average Bonchev–Trinajstić information content (AvgIpc) is 2.85. The van der Waals surface area contributed by atoms with E-state index in [4.69, 9.17) is 0 Å². The molecule has 2 aromatic carbocycles. The first-order valence-corrected chi connectivity index (χ1v) is 7.32. The van der Waals surface area contributed by atoms with E-state index in [1.807, 2.05) is 18.2 Å². The lowest BCUT2D eigenvalue weighted by Gasteiger charge is -2.26. The average molecular weight is 308 g/mol. The highest BCUT2D eigenvalue weighted by atomic mass is 16.2. The predicted molar refractivity (Wildman–Crippen MR) is 86.3 cm³/mol. The number of imide groups is 1. The molecule has 0 saturated carbocycles. The van der Waals surface area contributed by atoms with Crippen LogP contribution in [0.25, 0.3) is 0 Å². The van der Waals surface area contributed by atoms with Crippen molar-refractivity contribution in [2.24, 2.45) is 0 Å². The second kappa shape index (κ2) is 5.68. The van der Waals surface area contributed by atoms with Crippen LogP contribution in [0.2, 0.25) is 0 Å². The highest BCUT2D eigenvalue weighted by Crippen LogP contribution is 2.25. The minimum Gasteiger partial charge on any atom is -0.314 e. The molecule has 2 aromatic rings. The monoisotopic (exact) mass is 308 g/mol. The number of anilines is 1. The molecular weight excluding hydrogens is 292 g/mol. The lowest BCUT2D eigenvalue weighted by Crippen LogP contribution is -2.48. The Kier molecular flexibility index (Phi) is 3.70. The normalized spacial score (nSPS) is 14.6. The Morgan fingerprint density at radius 3 is 1.91 bits per heavy atom. The number of likely N-dealkylation sites (N-methyl/N-ethyl adjacent to an activating group) is 1. The standard InChI is InChI=1S/C18H16N2O3/c1-12(16(21)19(2)13-8-4-3-5-9-13)20-17(22)14-10-6-7-11-15(14)18(20)23/h3-12H,1-2H3/t12-/m1/s1. The lowest BCUT2D eigenvalue weighted by atomic mass is 10.1.